The fourth-order valence-electron chi connectivity index (χ4n) is 4.66. The van der Waals surface area contributed by atoms with Gasteiger partial charge in [0.05, 0.1) is 10.7 Å². The molecule has 0 N–H and O–H groups in total. The smallest absolute Gasteiger partial charge is 0.147 e. The molecule has 5 rings (SSSR count). The van der Waals surface area contributed by atoms with E-state index in [1.54, 1.807) is 4.68 Å². The van der Waals surface area contributed by atoms with Crippen LogP contribution in [-0.4, -0.2) is 37.9 Å². The summed E-state index contributed by atoms with van der Waals surface area (Å²) in [7, 11) is 1.89. The maximum Gasteiger partial charge on any atom is 0.147 e. The fourth-order valence-corrected chi connectivity index (χ4v) is 4.93. The Kier molecular flexibility index (Phi) is 3.78. The normalized spacial score (nSPS) is 25.2. The number of allylic oxidation sites excluding steroid dienone is 2. The van der Waals surface area contributed by atoms with E-state index in [4.69, 9.17) is 21.7 Å². The van der Waals surface area contributed by atoms with E-state index in [1.807, 2.05) is 31.6 Å². The second kappa shape index (κ2) is 6.01. The van der Waals surface area contributed by atoms with Crippen molar-refractivity contribution < 1.29 is 0 Å². The van der Waals surface area contributed by atoms with Crippen LogP contribution in [0.1, 0.15) is 45.1 Å². The van der Waals surface area contributed by atoms with Crippen LogP contribution in [0.3, 0.4) is 0 Å². The Morgan fingerprint density at radius 2 is 2.11 bits per heavy atom. The Hall–Kier alpha value is -2.47. The highest BCUT2D eigenvalue weighted by Gasteiger charge is 2.46. The molecule has 28 heavy (non-hydrogen) atoms. The van der Waals surface area contributed by atoms with E-state index in [2.05, 4.69) is 42.1 Å². The molecular formula is C21H23ClN6. The van der Waals surface area contributed by atoms with E-state index < -0.39 is 0 Å². The number of fused-ring (bicyclic) bond motifs is 2. The Balaban J connectivity index is 1.55. The molecule has 0 saturated heterocycles. The zero-order chi connectivity index (χ0) is 19.6. The molecule has 0 radical (unpaired) electrons. The molecule has 2 unspecified atom stereocenters. The van der Waals surface area contributed by atoms with Crippen molar-refractivity contribution in [3.05, 3.63) is 46.4 Å². The summed E-state index contributed by atoms with van der Waals surface area (Å²) in [4.78, 5) is 9.43. The molecule has 0 bridgehead atoms. The molecule has 2 aromatic rings. The molecule has 144 valence electrons. The van der Waals surface area contributed by atoms with Crippen LogP contribution >= 0.6 is 11.6 Å². The van der Waals surface area contributed by atoms with Crippen LogP contribution in [0.25, 0.3) is 11.4 Å². The minimum absolute atomic E-state index is 0.0188. The average Bonchev–Trinajstić information content (AvgIpc) is 3.29. The van der Waals surface area contributed by atoms with Crippen molar-refractivity contribution in [3.63, 3.8) is 0 Å². The molecule has 3 aliphatic rings. The lowest BCUT2D eigenvalue weighted by Gasteiger charge is -2.33. The summed E-state index contributed by atoms with van der Waals surface area (Å²) in [5.74, 6) is 0.216. The van der Waals surface area contributed by atoms with Gasteiger partial charge in [0.2, 0.25) is 0 Å². The molecule has 0 spiro atoms. The maximum absolute atomic E-state index is 6.61. The van der Waals surface area contributed by atoms with E-state index in [0.717, 1.165) is 35.5 Å². The predicted octanol–water partition coefficient (Wildman–Crippen LogP) is 4.40. The Labute approximate surface area is 169 Å². The first-order chi connectivity index (χ1) is 13.3. The number of aliphatic imine (C=N–C) groups is 1. The summed E-state index contributed by atoms with van der Waals surface area (Å²) in [5, 5.41) is 12.0. The number of hydrogen-bond acceptors (Lipinski definition) is 5. The third-order valence-electron chi connectivity index (χ3n) is 5.88. The molecule has 4 heterocycles. The van der Waals surface area contributed by atoms with Crippen LogP contribution in [0.2, 0.25) is 5.02 Å². The van der Waals surface area contributed by atoms with E-state index in [0.29, 0.717) is 5.02 Å². The standard InChI is InChI=1S/C21H23ClN6/c1-12-7-18-23-11-15-14(9-21(2,3)20(15)28(18)25-12)13-8-16(22)19(24-10-13)17-5-6-27(4)26-17/h5-6,8,10-11,14,18H,7,9H2,1-4H3. The highest BCUT2D eigenvalue weighted by atomic mass is 35.5. The lowest BCUT2D eigenvalue weighted by molar-refractivity contribution is 0.229. The van der Waals surface area contributed by atoms with Gasteiger partial charge in [-0.3, -0.25) is 14.7 Å². The summed E-state index contributed by atoms with van der Waals surface area (Å²) in [6.07, 6.45) is 7.90. The summed E-state index contributed by atoms with van der Waals surface area (Å²) in [6, 6.07) is 3.96. The lowest BCUT2D eigenvalue weighted by atomic mass is 9.85. The average molecular weight is 395 g/mol. The molecule has 2 aliphatic heterocycles. The Bertz CT molecular complexity index is 1060. The largest absolute Gasteiger partial charge is 0.275 e. The Morgan fingerprint density at radius 1 is 1.29 bits per heavy atom. The molecular weight excluding hydrogens is 372 g/mol. The van der Waals surface area contributed by atoms with Crippen molar-refractivity contribution in [2.45, 2.75) is 45.7 Å². The molecule has 2 aromatic heterocycles. The summed E-state index contributed by atoms with van der Waals surface area (Å²) in [6.45, 7) is 6.66. The first-order valence-corrected chi connectivity index (χ1v) is 9.98. The second-order valence-corrected chi connectivity index (χ2v) is 8.97. The number of nitrogens with zero attached hydrogens (tertiary/aromatic N) is 6. The van der Waals surface area contributed by atoms with E-state index in [1.165, 1.54) is 11.3 Å². The monoisotopic (exact) mass is 394 g/mol. The topological polar surface area (TPSA) is 58.7 Å². The Morgan fingerprint density at radius 3 is 2.82 bits per heavy atom. The zero-order valence-electron chi connectivity index (χ0n) is 16.5. The van der Waals surface area contributed by atoms with Gasteiger partial charge >= 0.3 is 0 Å². The van der Waals surface area contributed by atoms with Gasteiger partial charge in [0, 0.05) is 49.1 Å². The fraction of sp³-hybridized carbons (Fsp3) is 0.429. The maximum atomic E-state index is 6.61. The van der Waals surface area contributed by atoms with Gasteiger partial charge in [-0.25, -0.2) is 5.01 Å². The number of aromatic nitrogens is 3. The third kappa shape index (κ3) is 2.62. The van der Waals surface area contributed by atoms with E-state index >= 15 is 0 Å². The molecule has 6 nitrogen and oxygen atoms in total. The number of halogens is 1. The van der Waals surface area contributed by atoms with Crippen molar-refractivity contribution in [1.29, 1.82) is 0 Å². The quantitative estimate of drug-likeness (QED) is 0.758. The molecule has 2 atom stereocenters. The van der Waals surface area contributed by atoms with Crippen LogP contribution in [0.4, 0.5) is 0 Å². The predicted molar refractivity (Wildman–Crippen MR) is 111 cm³/mol. The van der Waals surface area contributed by atoms with Crippen LogP contribution in [0, 0.1) is 5.41 Å². The highest BCUT2D eigenvalue weighted by Crippen LogP contribution is 2.53. The van der Waals surface area contributed by atoms with Gasteiger partial charge in [0.1, 0.15) is 17.6 Å². The van der Waals surface area contributed by atoms with Crippen LogP contribution in [0.15, 0.2) is 45.9 Å². The van der Waals surface area contributed by atoms with Gasteiger partial charge in [0.25, 0.3) is 0 Å². The molecule has 7 heteroatoms. The van der Waals surface area contributed by atoms with E-state index in [9.17, 15) is 0 Å². The van der Waals surface area contributed by atoms with Crippen LogP contribution in [0.5, 0.6) is 0 Å². The van der Waals surface area contributed by atoms with Crippen molar-refractivity contribution in [2.75, 3.05) is 0 Å². The number of aryl methyl sites for hydroxylation is 1. The first-order valence-electron chi connectivity index (χ1n) is 9.60. The molecule has 0 saturated carbocycles. The second-order valence-electron chi connectivity index (χ2n) is 8.56. The van der Waals surface area contributed by atoms with Crippen molar-refractivity contribution in [1.82, 2.24) is 19.8 Å². The third-order valence-corrected chi connectivity index (χ3v) is 6.17. The van der Waals surface area contributed by atoms with Crippen LogP contribution in [-0.2, 0) is 7.05 Å². The minimum atomic E-state index is 0.0188. The van der Waals surface area contributed by atoms with Gasteiger partial charge in [-0.1, -0.05) is 25.4 Å². The van der Waals surface area contributed by atoms with Gasteiger partial charge < -0.3 is 0 Å². The van der Waals surface area contributed by atoms with Crippen molar-refractivity contribution in [2.24, 2.45) is 22.6 Å². The number of rotatable bonds is 2. The highest BCUT2D eigenvalue weighted by molar-refractivity contribution is 6.33. The molecule has 1 aliphatic carbocycles. The van der Waals surface area contributed by atoms with Gasteiger partial charge in [-0.05, 0) is 36.6 Å². The SMILES string of the molecule is CC1=NN2C3=C(C=NC2C1)C(c1cnc(-c2ccn(C)n2)c(Cl)c1)CC3(C)C. The summed E-state index contributed by atoms with van der Waals surface area (Å²) in [5.41, 5.74) is 6.31. The number of hydrogen-bond donors (Lipinski definition) is 0. The van der Waals surface area contributed by atoms with Gasteiger partial charge in [-0.15, -0.1) is 0 Å². The number of hydrazone groups is 1. The molecule has 0 aromatic carbocycles. The summed E-state index contributed by atoms with van der Waals surface area (Å²) >= 11 is 6.61. The minimum Gasteiger partial charge on any atom is -0.275 e. The first kappa shape index (κ1) is 17.6. The molecule has 0 amide bonds. The van der Waals surface area contributed by atoms with Crippen molar-refractivity contribution >= 4 is 23.5 Å². The van der Waals surface area contributed by atoms with E-state index in [-0.39, 0.29) is 17.5 Å². The van der Waals surface area contributed by atoms with Crippen LogP contribution < -0.4 is 0 Å². The molecule has 0 fully saturated rings. The zero-order valence-corrected chi connectivity index (χ0v) is 17.3. The number of pyridine rings is 1. The summed E-state index contributed by atoms with van der Waals surface area (Å²) < 4.78 is 1.76. The van der Waals surface area contributed by atoms with Gasteiger partial charge in [-0.2, -0.15) is 10.2 Å². The lowest BCUT2D eigenvalue weighted by Crippen LogP contribution is -2.33. The van der Waals surface area contributed by atoms with Crippen molar-refractivity contribution in [3.8, 4) is 11.4 Å². The van der Waals surface area contributed by atoms with Gasteiger partial charge in [0.15, 0.2) is 0 Å².